The van der Waals surface area contributed by atoms with Gasteiger partial charge in [-0.25, -0.2) is 0 Å². The smallest absolute Gasteiger partial charge is 0.192 e. The van der Waals surface area contributed by atoms with Gasteiger partial charge in [0.1, 0.15) is 5.60 Å². The van der Waals surface area contributed by atoms with Crippen molar-refractivity contribution in [1.82, 2.24) is 4.31 Å². The van der Waals surface area contributed by atoms with E-state index in [1.807, 2.05) is 13.0 Å². The number of β-amino-alcohol motifs (C(OH)–C–C–N with tert-alkyl or cyclic N) is 1. The molecule has 1 aromatic carbocycles. The molecule has 0 spiro atoms. The molecule has 0 aliphatic carbocycles. The van der Waals surface area contributed by atoms with Crippen LogP contribution in [0, 0.1) is 6.92 Å². The average molecular weight is 290 g/mol. The molecule has 0 saturated carbocycles. The van der Waals surface area contributed by atoms with Crippen molar-refractivity contribution in [3.63, 3.8) is 0 Å². The van der Waals surface area contributed by atoms with Gasteiger partial charge in [0.05, 0.1) is 29.5 Å². The van der Waals surface area contributed by atoms with Gasteiger partial charge in [0, 0.05) is 6.54 Å². The first kappa shape index (κ1) is 14.1. The summed E-state index contributed by atoms with van der Waals surface area (Å²) in [6.45, 7) is 2.27. The highest BCUT2D eigenvalue weighted by molar-refractivity contribution is 7.89. The van der Waals surface area contributed by atoms with Gasteiger partial charge in [-0.2, -0.15) is 0 Å². The zero-order valence-corrected chi connectivity index (χ0v) is 11.7. The highest BCUT2D eigenvalue weighted by Gasteiger charge is 2.42. The van der Waals surface area contributed by atoms with Gasteiger partial charge in [0.15, 0.2) is 4.90 Å². The molecule has 2 N–H and O–H groups in total. The lowest BCUT2D eigenvalue weighted by molar-refractivity contribution is -0.000727. The van der Waals surface area contributed by atoms with Crippen molar-refractivity contribution < 1.29 is 14.8 Å². The van der Waals surface area contributed by atoms with Gasteiger partial charge in [-0.15, -0.1) is 4.31 Å². The standard InChI is InChI=1S/C12H16ClNO3S/c1-9-2-3-11(10(13)6-9)18(17)14-5-4-12(16,7-14)8-15/h2-3,6,15-16H,4-5,7-8H2,1H3. The molecule has 2 unspecified atom stereocenters. The second kappa shape index (κ2) is 5.36. The second-order valence-electron chi connectivity index (χ2n) is 4.68. The Morgan fingerprint density at radius 3 is 2.83 bits per heavy atom. The number of rotatable bonds is 3. The topological polar surface area (TPSA) is 66.8 Å². The fraction of sp³-hybridized carbons (Fsp3) is 0.500. The Morgan fingerprint density at radius 1 is 1.56 bits per heavy atom. The summed E-state index contributed by atoms with van der Waals surface area (Å²) >= 11 is 4.68. The van der Waals surface area contributed by atoms with Gasteiger partial charge in [0.2, 0.25) is 0 Å². The van der Waals surface area contributed by atoms with Crippen molar-refractivity contribution in [2.75, 3.05) is 19.7 Å². The molecule has 0 radical (unpaired) electrons. The van der Waals surface area contributed by atoms with Crippen LogP contribution in [0.15, 0.2) is 23.1 Å². The van der Waals surface area contributed by atoms with Crippen LogP contribution in [0.2, 0.25) is 5.02 Å². The third-order valence-corrected chi connectivity index (χ3v) is 5.04. The monoisotopic (exact) mass is 289 g/mol. The number of nitrogens with zero attached hydrogens (tertiary/aromatic N) is 1. The van der Waals surface area contributed by atoms with Crippen molar-refractivity contribution in [1.29, 1.82) is 0 Å². The van der Waals surface area contributed by atoms with Crippen LogP contribution >= 0.6 is 11.6 Å². The molecule has 0 aromatic heterocycles. The molecule has 18 heavy (non-hydrogen) atoms. The van der Waals surface area contributed by atoms with Crippen LogP contribution in [0.25, 0.3) is 0 Å². The summed E-state index contributed by atoms with van der Waals surface area (Å²) in [4.78, 5) is 0.546. The summed E-state index contributed by atoms with van der Waals surface area (Å²) in [6, 6.07) is 5.36. The average Bonchev–Trinajstić information content (AvgIpc) is 2.72. The normalized spacial score (nSPS) is 26.5. The van der Waals surface area contributed by atoms with Gasteiger partial charge in [0.25, 0.3) is 0 Å². The molecule has 1 aliphatic rings. The maximum absolute atomic E-state index is 12.3. The van der Waals surface area contributed by atoms with Crippen molar-refractivity contribution in [2.24, 2.45) is 0 Å². The summed E-state index contributed by atoms with van der Waals surface area (Å²) < 4.78 is 14.0. The van der Waals surface area contributed by atoms with Gasteiger partial charge >= 0.3 is 0 Å². The summed E-state index contributed by atoms with van der Waals surface area (Å²) in [5.74, 6) is 0. The van der Waals surface area contributed by atoms with E-state index in [0.717, 1.165) is 5.56 Å². The first-order valence-corrected chi connectivity index (χ1v) is 7.20. The van der Waals surface area contributed by atoms with E-state index in [1.54, 1.807) is 16.4 Å². The number of hydrogen-bond acceptors (Lipinski definition) is 4. The highest BCUT2D eigenvalue weighted by Crippen LogP contribution is 2.30. The van der Waals surface area contributed by atoms with Crippen LogP contribution in [0.4, 0.5) is 0 Å². The molecule has 0 amide bonds. The van der Waals surface area contributed by atoms with Crippen LogP contribution in [0.5, 0.6) is 0 Å². The van der Waals surface area contributed by atoms with Crippen molar-refractivity contribution in [3.8, 4) is 0 Å². The third-order valence-electron chi connectivity index (χ3n) is 3.10. The van der Waals surface area contributed by atoms with Crippen LogP contribution in [0.1, 0.15) is 12.0 Å². The Bertz CT molecular complexity index is 445. The third kappa shape index (κ3) is 2.82. The summed E-state index contributed by atoms with van der Waals surface area (Å²) in [5, 5.41) is 19.5. The van der Waals surface area contributed by atoms with Crippen LogP contribution in [-0.2, 0) is 11.4 Å². The van der Waals surface area contributed by atoms with Crippen LogP contribution in [-0.4, -0.2) is 44.4 Å². The maximum atomic E-state index is 12.3. The molecule has 100 valence electrons. The Hall–Kier alpha value is -0.300. The van der Waals surface area contributed by atoms with Crippen molar-refractivity contribution in [2.45, 2.75) is 23.8 Å². The van der Waals surface area contributed by atoms with Crippen LogP contribution in [0.3, 0.4) is 0 Å². The molecule has 1 saturated heterocycles. The van der Waals surface area contributed by atoms with E-state index in [1.165, 1.54) is 0 Å². The number of hydrogen-bond donors (Lipinski definition) is 2. The quantitative estimate of drug-likeness (QED) is 0.818. The summed E-state index contributed by atoms with van der Waals surface area (Å²) in [7, 11) is 0. The van der Waals surface area contributed by atoms with Crippen molar-refractivity contribution >= 4 is 23.0 Å². The van der Waals surface area contributed by atoms with Gasteiger partial charge < -0.3 is 14.8 Å². The van der Waals surface area contributed by atoms with E-state index in [4.69, 9.17) is 16.7 Å². The molecule has 4 nitrogen and oxygen atoms in total. The fourth-order valence-corrected chi connectivity index (χ4v) is 3.71. The SMILES string of the molecule is Cc1ccc([S+]([O-])N2CCC(O)(CO)C2)c(Cl)c1. The van der Waals surface area contributed by atoms with E-state index in [9.17, 15) is 9.66 Å². The van der Waals surface area contributed by atoms with Crippen LogP contribution < -0.4 is 0 Å². The summed E-state index contributed by atoms with van der Waals surface area (Å²) in [6.07, 6.45) is 0.415. The predicted molar refractivity (Wildman–Crippen MR) is 70.8 cm³/mol. The zero-order chi connectivity index (χ0) is 13.3. The predicted octanol–water partition coefficient (Wildman–Crippen LogP) is 1.10. The molecular weight excluding hydrogens is 274 g/mol. The van der Waals surface area contributed by atoms with E-state index < -0.39 is 17.0 Å². The molecular formula is C12H16ClNO3S. The second-order valence-corrected chi connectivity index (χ2v) is 6.54. The molecule has 2 atom stereocenters. The number of halogens is 1. The Morgan fingerprint density at radius 2 is 2.28 bits per heavy atom. The van der Waals surface area contributed by atoms with Gasteiger partial charge in [-0.3, -0.25) is 0 Å². The largest absolute Gasteiger partial charge is 0.593 e. The molecule has 0 bridgehead atoms. The minimum Gasteiger partial charge on any atom is -0.593 e. The van der Waals surface area contributed by atoms with E-state index >= 15 is 0 Å². The van der Waals surface area contributed by atoms with Gasteiger partial charge in [-0.05, 0) is 31.0 Å². The van der Waals surface area contributed by atoms with Gasteiger partial charge in [-0.1, -0.05) is 17.7 Å². The lowest BCUT2D eigenvalue weighted by Crippen LogP contribution is -2.38. The lowest BCUT2D eigenvalue weighted by atomic mass is 10.1. The number of aliphatic hydroxyl groups excluding tert-OH is 1. The number of aliphatic hydroxyl groups is 2. The molecule has 2 rings (SSSR count). The van der Waals surface area contributed by atoms with E-state index in [-0.39, 0.29) is 13.2 Å². The number of benzene rings is 1. The first-order chi connectivity index (χ1) is 8.45. The highest BCUT2D eigenvalue weighted by atomic mass is 35.5. The maximum Gasteiger partial charge on any atom is 0.192 e. The fourth-order valence-electron chi connectivity index (χ4n) is 1.98. The lowest BCUT2D eigenvalue weighted by Gasteiger charge is -2.22. The molecule has 1 aliphatic heterocycles. The van der Waals surface area contributed by atoms with E-state index in [2.05, 4.69) is 0 Å². The zero-order valence-electron chi connectivity index (χ0n) is 10.1. The minimum absolute atomic E-state index is 0.195. The molecule has 1 heterocycles. The Labute approximate surface area is 114 Å². The Balaban J connectivity index is 2.15. The molecule has 1 fully saturated rings. The van der Waals surface area contributed by atoms with Crippen molar-refractivity contribution in [3.05, 3.63) is 28.8 Å². The minimum atomic E-state index is -1.40. The number of aryl methyl sites for hydroxylation is 1. The first-order valence-electron chi connectivity index (χ1n) is 5.71. The van der Waals surface area contributed by atoms with E-state index in [0.29, 0.717) is 22.9 Å². The Kier molecular flexibility index (Phi) is 4.21. The molecule has 6 heteroatoms. The molecule has 1 aromatic rings. The summed E-state index contributed by atoms with van der Waals surface area (Å²) in [5.41, 5.74) is -0.138.